The molecule has 1 aromatic carbocycles. The number of carbonyl (C=O) groups excluding carboxylic acids is 1. The summed E-state index contributed by atoms with van der Waals surface area (Å²) in [6.07, 6.45) is 3.53. The number of urea groups is 1. The Morgan fingerprint density at radius 3 is 2.67 bits per heavy atom. The number of benzene rings is 1. The SMILES string of the molecule is CC1CCC2NC(=O)NC(c3ccccc3)C2C1. The molecule has 1 aromatic rings. The van der Waals surface area contributed by atoms with Crippen molar-refractivity contribution in [1.29, 1.82) is 0 Å². The van der Waals surface area contributed by atoms with Gasteiger partial charge in [-0.25, -0.2) is 4.79 Å². The third-order valence-electron chi connectivity index (χ3n) is 4.35. The Hall–Kier alpha value is -1.51. The fourth-order valence-electron chi connectivity index (χ4n) is 3.42. The Labute approximate surface area is 108 Å². The quantitative estimate of drug-likeness (QED) is 0.783. The largest absolute Gasteiger partial charge is 0.335 e. The van der Waals surface area contributed by atoms with E-state index in [9.17, 15) is 4.79 Å². The van der Waals surface area contributed by atoms with Crippen molar-refractivity contribution < 1.29 is 4.79 Å². The van der Waals surface area contributed by atoms with Crippen LogP contribution >= 0.6 is 0 Å². The van der Waals surface area contributed by atoms with Gasteiger partial charge in [0, 0.05) is 12.0 Å². The van der Waals surface area contributed by atoms with E-state index in [4.69, 9.17) is 0 Å². The molecule has 0 spiro atoms. The number of hydrogen-bond donors (Lipinski definition) is 2. The van der Waals surface area contributed by atoms with Crippen LogP contribution in [0.15, 0.2) is 30.3 Å². The molecular weight excluding hydrogens is 224 g/mol. The number of nitrogens with one attached hydrogen (secondary N) is 2. The van der Waals surface area contributed by atoms with Crippen LogP contribution in [0, 0.1) is 11.8 Å². The molecule has 0 aromatic heterocycles. The molecule has 2 amide bonds. The van der Waals surface area contributed by atoms with E-state index in [2.05, 4.69) is 29.7 Å². The molecule has 1 saturated carbocycles. The van der Waals surface area contributed by atoms with Crippen molar-refractivity contribution in [2.75, 3.05) is 0 Å². The van der Waals surface area contributed by atoms with E-state index in [1.807, 2.05) is 18.2 Å². The van der Waals surface area contributed by atoms with Gasteiger partial charge in [0.2, 0.25) is 0 Å². The lowest BCUT2D eigenvalue weighted by atomic mass is 9.72. The maximum atomic E-state index is 11.8. The molecule has 3 rings (SSSR count). The minimum Gasteiger partial charge on any atom is -0.335 e. The third kappa shape index (κ3) is 2.09. The van der Waals surface area contributed by atoms with E-state index >= 15 is 0 Å². The average molecular weight is 244 g/mol. The van der Waals surface area contributed by atoms with E-state index in [0.29, 0.717) is 12.0 Å². The van der Waals surface area contributed by atoms with Crippen molar-refractivity contribution in [2.45, 2.75) is 38.3 Å². The van der Waals surface area contributed by atoms with Crippen molar-refractivity contribution in [1.82, 2.24) is 10.6 Å². The number of hydrogen-bond acceptors (Lipinski definition) is 1. The lowest BCUT2D eigenvalue weighted by molar-refractivity contribution is 0.140. The first kappa shape index (κ1) is 11.6. The number of amides is 2. The lowest BCUT2D eigenvalue weighted by Gasteiger charge is -2.44. The Bertz CT molecular complexity index is 431. The first-order chi connectivity index (χ1) is 8.74. The summed E-state index contributed by atoms with van der Waals surface area (Å²) >= 11 is 0. The van der Waals surface area contributed by atoms with Crippen LogP contribution in [0.3, 0.4) is 0 Å². The van der Waals surface area contributed by atoms with Crippen molar-refractivity contribution in [3.05, 3.63) is 35.9 Å². The predicted molar refractivity (Wildman–Crippen MR) is 71.1 cm³/mol. The second kappa shape index (κ2) is 4.63. The maximum Gasteiger partial charge on any atom is 0.315 e. The molecule has 2 N–H and O–H groups in total. The maximum absolute atomic E-state index is 11.8. The smallest absolute Gasteiger partial charge is 0.315 e. The summed E-state index contributed by atoms with van der Waals surface area (Å²) < 4.78 is 0. The van der Waals surface area contributed by atoms with Crippen molar-refractivity contribution in [2.24, 2.45) is 11.8 Å². The summed E-state index contributed by atoms with van der Waals surface area (Å²) in [7, 11) is 0. The molecule has 1 aliphatic carbocycles. The van der Waals surface area contributed by atoms with Gasteiger partial charge in [-0.15, -0.1) is 0 Å². The van der Waals surface area contributed by atoms with Crippen LogP contribution in [-0.4, -0.2) is 12.1 Å². The summed E-state index contributed by atoms with van der Waals surface area (Å²) in [4.78, 5) is 11.8. The normalized spacial score (nSPS) is 35.3. The standard InChI is InChI=1S/C15H20N2O/c1-10-7-8-13-12(9-10)14(17-15(18)16-13)11-5-3-2-4-6-11/h2-6,10,12-14H,7-9H2,1H3,(H2,16,17,18). The minimum atomic E-state index is -0.0142. The van der Waals surface area contributed by atoms with Gasteiger partial charge in [0.05, 0.1) is 6.04 Å². The molecule has 4 unspecified atom stereocenters. The fourth-order valence-corrected chi connectivity index (χ4v) is 3.42. The van der Waals surface area contributed by atoms with Gasteiger partial charge < -0.3 is 10.6 Å². The molecule has 3 nitrogen and oxygen atoms in total. The lowest BCUT2D eigenvalue weighted by Crippen LogP contribution is -2.57. The monoisotopic (exact) mass is 244 g/mol. The number of carbonyl (C=O) groups is 1. The van der Waals surface area contributed by atoms with E-state index < -0.39 is 0 Å². The van der Waals surface area contributed by atoms with Crippen molar-refractivity contribution in [3.63, 3.8) is 0 Å². The zero-order valence-electron chi connectivity index (χ0n) is 10.7. The summed E-state index contributed by atoms with van der Waals surface area (Å²) in [5, 5.41) is 6.19. The van der Waals surface area contributed by atoms with Gasteiger partial charge in [0.1, 0.15) is 0 Å². The molecule has 4 atom stereocenters. The predicted octanol–water partition coefficient (Wildman–Crippen LogP) is 2.85. The van der Waals surface area contributed by atoms with Crippen LogP contribution in [0.25, 0.3) is 0 Å². The van der Waals surface area contributed by atoms with Gasteiger partial charge >= 0.3 is 6.03 Å². The van der Waals surface area contributed by atoms with E-state index in [0.717, 1.165) is 12.3 Å². The van der Waals surface area contributed by atoms with Crippen LogP contribution in [0.2, 0.25) is 0 Å². The van der Waals surface area contributed by atoms with Crippen LogP contribution in [0.5, 0.6) is 0 Å². The summed E-state index contributed by atoms with van der Waals surface area (Å²) in [6, 6.07) is 10.9. The molecule has 0 radical (unpaired) electrons. The molecule has 3 heteroatoms. The second-order valence-electron chi connectivity index (χ2n) is 5.69. The molecule has 2 aliphatic rings. The highest BCUT2D eigenvalue weighted by molar-refractivity contribution is 5.76. The summed E-state index contributed by atoms with van der Waals surface area (Å²) in [6.45, 7) is 2.31. The zero-order valence-corrected chi connectivity index (χ0v) is 10.7. The van der Waals surface area contributed by atoms with Gasteiger partial charge in [-0.05, 0) is 30.7 Å². The van der Waals surface area contributed by atoms with Crippen molar-refractivity contribution in [3.8, 4) is 0 Å². The topological polar surface area (TPSA) is 41.1 Å². The average Bonchev–Trinajstić information content (AvgIpc) is 2.39. The van der Waals surface area contributed by atoms with Crippen LogP contribution in [0.1, 0.15) is 37.8 Å². The number of fused-ring (bicyclic) bond motifs is 1. The summed E-state index contributed by atoms with van der Waals surface area (Å²) in [5.74, 6) is 1.28. The molecule has 2 fully saturated rings. The van der Waals surface area contributed by atoms with Gasteiger partial charge in [-0.1, -0.05) is 37.3 Å². The van der Waals surface area contributed by atoms with Crippen LogP contribution in [-0.2, 0) is 0 Å². The highest BCUT2D eigenvalue weighted by atomic mass is 16.2. The fraction of sp³-hybridized carbons (Fsp3) is 0.533. The van der Waals surface area contributed by atoms with Crippen molar-refractivity contribution >= 4 is 6.03 Å². The highest BCUT2D eigenvalue weighted by Gasteiger charge is 2.40. The van der Waals surface area contributed by atoms with E-state index in [1.165, 1.54) is 18.4 Å². The molecular formula is C15H20N2O. The van der Waals surface area contributed by atoms with Gasteiger partial charge in [-0.2, -0.15) is 0 Å². The zero-order chi connectivity index (χ0) is 12.5. The highest BCUT2D eigenvalue weighted by Crippen LogP contribution is 2.39. The van der Waals surface area contributed by atoms with Crippen LogP contribution in [0.4, 0.5) is 4.79 Å². The second-order valence-corrected chi connectivity index (χ2v) is 5.69. The number of rotatable bonds is 1. The first-order valence-electron chi connectivity index (χ1n) is 6.86. The molecule has 0 bridgehead atoms. The molecule has 1 heterocycles. The molecule has 18 heavy (non-hydrogen) atoms. The van der Waals surface area contributed by atoms with Gasteiger partial charge in [0.15, 0.2) is 0 Å². The van der Waals surface area contributed by atoms with E-state index in [1.54, 1.807) is 0 Å². The van der Waals surface area contributed by atoms with Gasteiger partial charge in [0.25, 0.3) is 0 Å². The minimum absolute atomic E-state index is 0.0142. The Morgan fingerprint density at radius 1 is 1.11 bits per heavy atom. The van der Waals surface area contributed by atoms with E-state index in [-0.39, 0.29) is 12.1 Å². The Balaban J connectivity index is 1.88. The molecule has 96 valence electrons. The molecule has 1 aliphatic heterocycles. The Kier molecular flexibility index (Phi) is 2.98. The van der Waals surface area contributed by atoms with Crippen LogP contribution < -0.4 is 10.6 Å². The summed E-state index contributed by atoms with van der Waals surface area (Å²) in [5.41, 5.74) is 1.23. The first-order valence-corrected chi connectivity index (χ1v) is 6.86. The third-order valence-corrected chi connectivity index (χ3v) is 4.35. The van der Waals surface area contributed by atoms with Gasteiger partial charge in [-0.3, -0.25) is 0 Å². The molecule has 1 saturated heterocycles. The Morgan fingerprint density at radius 2 is 1.89 bits per heavy atom.